The van der Waals surface area contributed by atoms with Crippen molar-refractivity contribution in [1.82, 2.24) is 25.7 Å². The molecule has 8 nitrogen and oxygen atoms in total. The maximum Gasteiger partial charge on any atom is 0.433 e. The average molecular weight is 455 g/mol. The van der Waals surface area contributed by atoms with Crippen molar-refractivity contribution >= 4 is 23.2 Å². The molecule has 0 bridgehead atoms. The van der Waals surface area contributed by atoms with Crippen LogP contribution in [-0.2, 0) is 6.18 Å². The fraction of sp³-hybridized carbons (Fsp3) is 0.136. The van der Waals surface area contributed by atoms with E-state index in [1.165, 1.54) is 7.05 Å². The van der Waals surface area contributed by atoms with Gasteiger partial charge in [0.25, 0.3) is 0 Å². The molecule has 4 aromatic rings. The number of alkyl halides is 3. The second kappa shape index (κ2) is 8.69. The molecule has 0 unspecified atom stereocenters. The molecule has 0 saturated carbocycles. The van der Waals surface area contributed by atoms with E-state index in [1.807, 2.05) is 24.2 Å². The Hall–Kier alpha value is -4.28. The molecule has 0 aliphatic rings. The Morgan fingerprint density at radius 1 is 1.00 bits per heavy atom. The molecule has 0 aliphatic heterocycles. The van der Waals surface area contributed by atoms with Gasteiger partial charge < -0.3 is 16.0 Å². The molecule has 0 saturated heterocycles. The zero-order valence-corrected chi connectivity index (χ0v) is 17.6. The van der Waals surface area contributed by atoms with E-state index in [-0.39, 0.29) is 11.6 Å². The molecule has 0 fully saturated rings. The highest BCUT2D eigenvalue weighted by atomic mass is 19.4. The van der Waals surface area contributed by atoms with Crippen LogP contribution in [0.4, 0.5) is 35.2 Å². The molecular formula is C22H20F3N7O. The zero-order valence-electron chi connectivity index (χ0n) is 17.6. The number of amides is 2. The van der Waals surface area contributed by atoms with Crippen LogP contribution in [0.5, 0.6) is 0 Å². The van der Waals surface area contributed by atoms with Crippen LogP contribution in [0.1, 0.15) is 11.3 Å². The van der Waals surface area contributed by atoms with E-state index < -0.39 is 11.9 Å². The Kier molecular flexibility index (Phi) is 5.78. The third kappa shape index (κ3) is 4.81. The lowest BCUT2D eigenvalue weighted by Crippen LogP contribution is -2.24. The second-order valence-electron chi connectivity index (χ2n) is 7.26. The SMILES string of the molecule is CNC(=O)Nc1ccc(Nc2cc(-c3ccc(-c4cn[nH]c4C(F)(F)F)cc3)[nH]n2)c(C)c1. The van der Waals surface area contributed by atoms with Crippen molar-refractivity contribution in [2.45, 2.75) is 13.1 Å². The van der Waals surface area contributed by atoms with Crippen molar-refractivity contribution < 1.29 is 18.0 Å². The molecule has 0 aliphatic carbocycles. The summed E-state index contributed by atoms with van der Waals surface area (Å²) in [6, 6.07) is 13.5. The fourth-order valence-electron chi connectivity index (χ4n) is 3.30. The summed E-state index contributed by atoms with van der Waals surface area (Å²) in [5, 5.41) is 21.1. The van der Waals surface area contributed by atoms with E-state index in [9.17, 15) is 18.0 Å². The number of H-pyrrole nitrogens is 2. The Morgan fingerprint density at radius 3 is 2.39 bits per heavy atom. The van der Waals surface area contributed by atoms with Crippen molar-refractivity contribution in [2.75, 3.05) is 17.7 Å². The number of carbonyl (C=O) groups excluding carboxylic acids is 1. The Morgan fingerprint density at radius 2 is 1.73 bits per heavy atom. The Bertz CT molecular complexity index is 1280. The summed E-state index contributed by atoms with van der Waals surface area (Å²) < 4.78 is 39.3. The van der Waals surface area contributed by atoms with Gasteiger partial charge in [-0.05, 0) is 41.8 Å². The summed E-state index contributed by atoms with van der Waals surface area (Å²) in [5.41, 5.74) is 3.34. The largest absolute Gasteiger partial charge is 0.433 e. The van der Waals surface area contributed by atoms with E-state index >= 15 is 0 Å². The number of halogens is 3. The first-order valence-electron chi connectivity index (χ1n) is 9.88. The highest BCUT2D eigenvalue weighted by Gasteiger charge is 2.35. The van der Waals surface area contributed by atoms with Crippen molar-refractivity contribution in [1.29, 1.82) is 0 Å². The molecule has 0 spiro atoms. The average Bonchev–Trinajstić information content (AvgIpc) is 3.45. The van der Waals surface area contributed by atoms with Crippen LogP contribution in [-0.4, -0.2) is 33.5 Å². The van der Waals surface area contributed by atoms with Crippen LogP contribution in [0.2, 0.25) is 0 Å². The van der Waals surface area contributed by atoms with Crippen molar-refractivity contribution in [3.05, 3.63) is 66.0 Å². The normalized spacial score (nSPS) is 11.3. The van der Waals surface area contributed by atoms with Gasteiger partial charge >= 0.3 is 12.2 Å². The monoisotopic (exact) mass is 455 g/mol. The van der Waals surface area contributed by atoms with Gasteiger partial charge in [-0.15, -0.1) is 0 Å². The number of urea groups is 1. The number of hydrogen-bond acceptors (Lipinski definition) is 4. The Balaban J connectivity index is 1.49. The van der Waals surface area contributed by atoms with Crippen LogP contribution < -0.4 is 16.0 Å². The first kappa shape index (κ1) is 21.9. The predicted octanol–water partition coefficient (Wildman–Crippen LogP) is 5.29. The summed E-state index contributed by atoms with van der Waals surface area (Å²) in [6.45, 7) is 1.90. The molecule has 0 radical (unpaired) electrons. The predicted molar refractivity (Wildman–Crippen MR) is 119 cm³/mol. The number of rotatable bonds is 5. The van der Waals surface area contributed by atoms with Gasteiger partial charge in [0.05, 0.1) is 11.9 Å². The van der Waals surface area contributed by atoms with Gasteiger partial charge in [0.1, 0.15) is 5.69 Å². The first-order valence-corrected chi connectivity index (χ1v) is 9.88. The Labute approximate surface area is 186 Å². The van der Waals surface area contributed by atoms with Crippen LogP contribution in [0.3, 0.4) is 0 Å². The molecular weight excluding hydrogens is 435 g/mol. The molecule has 5 N–H and O–H groups in total. The summed E-state index contributed by atoms with van der Waals surface area (Å²) in [5.74, 6) is 0.568. The minimum absolute atomic E-state index is 0.00848. The van der Waals surface area contributed by atoms with Gasteiger partial charge in [-0.25, -0.2) is 4.79 Å². The number of aryl methyl sites for hydroxylation is 1. The molecule has 2 aromatic heterocycles. The second-order valence-corrected chi connectivity index (χ2v) is 7.26. The van der Waals surface area contributed by atoms with Crippen molar-refractivity contribution in [3.63, 3.8) is 0 Å². The molecule has 2 amide bonds. The van der Waals surface area contributed by atoms with E-state index in [1.54, 1.807) is 36.4 Å². The molecule has 2 aromatic carbocycles. The third-order valence-corrected chi connectivity index (χ3v) is 4.98. The number of anilines is 3. The quantitative estimate of drug-likeness (QED) is 0.282. The number of aromatic amines is 2. The number of nitrogens with zero attached hydrogens (tertiary/aromatic N) is 2. The summed E-state index contributed by atoms with van der Waals surface area (Å²) >= 11 is 0. The molecule has 170 valence electrons. The van der Waals surface area contributed by atoms with Gasteiger partial charge in [0, 0.05) is 30.1 Å². The zero-order chi connectivity index (χ0) is 23.6. The highest BCUT2D eigenvalue weighted by Crippen LogP contribution is 2.36. The molecule has 0 atom stereocenters. The molecule has 4 rings (SSSR count). The van der Waals surface area contributed by atoms with Crippen LogP contribution >= 0.6 is 0 Å². The smallest absolute Gasteiger partial charge is 0.341 e. The first-order chi connectivity index (χ1) is 15.7. The molecule has 11 heteroatoms. The van der Waals surface area contributed by atoms with Gasteiger partial charge in [-0.1, -0.05) is 24.3 Å². The highest BCUT2D eigenvalue weighted by molar-refractivity contribution is 5.89. The summed E-state index contributed by atoms with van der Waals surface area (Å²) in [6.07, 6.45) is -3.35. The lowest BCUT2D eigenvalue weighted by Gasteiger charge is -2.10. The van der Waals surface area contributed by atoms with E-state index in [2.05, 4.69) is 31.2 Å². The lowest BCUT2D eigenvalue weighted by atomic mass is 10.0. The lowest BCUT2D eigenvalue weighted by molar-refractivity contribution is -0.140. The van der Waals surface area contributed by atoms with E-state index in [0.29, 0.717) is 22.8 Å². The topological polar surface area (TPSA) is 111 Å². The van der Waals surface area contributed by atoms with Crippen LogP contribution in [0.15, 0.2) is 54.7 Å². The number of nitrogens with one attached hydrogen (secondary N) is 5. The third-order valence-electron chi connectivity index (χ3n) is 4.98. The maximum atomic E-state index is 13.1. The van der Waals surface area contributed by atoms with Crippen LogP contribution in [0.25, 0.3) is 22.4 Å². The minimum Gasteiger partial charge on any atom is -0.341 e. The molecule has 2 heterocycles. The van der Waals surface area contributed by atoms with Gasteiger partial charge in [0.2, 0.25) is 0 Å². The standard InChI is InChI=1S/C22H20F3N7O/c1-12-9-15(28-21(33)26-2)7-8-17(12)29-19-10-18(30-31-19)14-5-3-13(4-6-14)16-11-27-32-20(16)22(23,24)25/h3-11H,1-2H3,(H,27,32)(H2,26,28,33)(H2,29,30,31). The number of benzene rings is 2. The van der Waals surface area contributed by atoms with Gasteiger partial charge in [-0.3, -0.25) is 10.2 Å². The van der Waals surface area contributed by atoms with Crippen LogP contribution in [0, 0.1) is 6.92 Å². The summed E-state index contributed by atoms with van der Waals surface area (Å²) in [7, 11) is 1.54. The van der Waals surface area contributed by atoms with E-state index in [4.69, 9.17) is 0 Å². The van der Waals surface area contributed by atoms with Crippen molar-refractivity contribution in [2.24, 2.45) is 0 Å². The number of carbonyl (C=O) groups is 1. The molecule has 33 heavy (non-hydrogen) atoms. The fourth-order valence-corrected chi connectivity index (χ4v) is 3.30. The van der Waals surface area contributed by atoms with Crippen molar-refractivity contribution in [3.8, 4) is 22.4 Å². The van der Waals surface area contributed by atoms with E-state index in [0.717, 1.165) is 23.0 Å². The van der Waals surface area contributed by atoms with Gasteiger partial charge in [-0.2, -0.15) is 23.4 Å². The summed E-state index contributed by atoms with van der Waals surface area (Å²) in [4.78, 5) is 11.4. The van der Waals surface area contributed by atoms with Gasteiger partial charge in [0.15, 0.2) is 5.82 Å². The minimum atomic E-state index is -4.51. The number of hydrogen-bond donors (Lipinski definition) is 5. The number of aromatic nitrogens is 4. The maximum absolute atomic E-state index is 13.1.